The summed E-state index contributed by atoms with van der Waals surface area (Å²) in [5.41, 5.74) is 0. The third-order valence-corrected chi connectivity index (χ3v) is 5.62. The Bertz CT molecular complexity index is 207. The molecule has 88 valence electrons. The molecule has 0 radical (unpaired) electrons. The molecule has 1 heterocycles. The summed E-state index contributed by atoms with van der Waals surface area (Å²) in [5.74, 6) is 2.55. The van der Waals surface area contributed by atoms with E-state index in [-0.39, 0.29) is 23.7 Å². The van der Waals surface area contributed by atoms with Crippen LogP contribution in [0.5, 0.6) is 0 Å². The number of carbonyl (C=O) groups excluding carboxylic acids is 1. The molecule has 0 aliphatic carbocycles. The van der Waals surface area contributed by atoms with Gasteiger partial charge < -0.3 is 4.74 Å². The fraction of sp³-hybridized carbons (Fsp3) is 0.909. The molecule has 1 fully saturated rings. The molecule has 1 aliphatic rings. The van der Waals surface area contributed by atoms with E-state index in [1.807, 2.05) is 25.6 Å². The van der Waals surface area contributed by atoms with E-state index in [2.05, 4.69) is 6.92 Å². The van der Waals surface area contributed by atoms with E-state index in [1.165, 1.54) is 5.75 Å². The van der Waals surface area contributed by atoms with Crippen LogP contribution in [0.4, 0.5) is 0 Å². The lowest BCUT2D eigenvalue weighted by Crippen LogP contribution is -2.35. The van der Waals surface area contributed by atoms with Crippen molar-refractivity contribution < 1.29 is 9.53 Å². The number of Topliss-reactive ketones (excluding diaryl/α,β-unsaturated/α-hetero) is 1. The zero-order valence-corrected chi connectivity index (χ0v) is 11.3. The highest BCUT2D eigenvalue weighted by molar-refractivity contribution is 8.07. The molecule has 0 aromatic heterocycles. The quantitative estimate of drug-likeness (QED) is 0.747. The smallest absolute Gasteiger partial charge is 0.172 e. The van der Waals surface area contributed by atoms with Crippen LogP contribution in [0.25, 0.3) is 0 Å². The van der Waals surface area contributed by atoms with Gasteiger partial charge in [-0.3, -0.25) is 4.79 Å². The predicted octanol–water partition coefficient (Wildman–Crippen LogP) is 2.61. The summed E-state index contributed by atoms with van der Waals surface area (Å²) < 4.78 is 5.38. The zero-order chi connectivity index (χ0) is 11.3. The highest BCUT2D eigenvalue weighted by Crippen LogP contribution is 2.33. The monoisotopic (exact) mass is 248 g/mol. The van der Waals surface area contributed by atoms with Crippen molar-refractivity contribution in [3.8, 4) is 0 Å². The molecule has 0 aromatic carbocycles. The Labute approximate surface area is 101 Å². The molecule has 0 bridgehead atoms. The molecule has 1 saturated heterocycles. The van der Waals surface area contributed by atoms with Crippen molar-refractivity contribution in [1.82, 2.24) is 0 Å². The number of carbonyl (C=O) groups is 1. The maximum atomic E-state index is 11.9. The van der Waals surface area contributed by atoms with E-state index in [0.717, 1.165) is 12.2 Å². The standard InChI is InChI=1S/C11H20O2S2/c1-4-10-11(15-6-5-14-10)9(12)7-13-8(2)3/h8,10-11H,4-7H2,1-3H3. The van der Waals surface area contributed by atoms with Crippen LogP contribution in [0.3, 0.4) is 0 Å². The van der Waals surface area contributed by atoms with Crippen LogP contribution in [-0.4, -0.2) is 40.5 Å². The average Bonchev–Trinajstić information content (AvgIpc) is 2.25. The Kier molecular flexibility index (Phi) is 6.09. The Morgan fingerprint density at radius 1 is 1.40 bits per heavy atom. The van der Waals surface area contributed by atoms with Gasteiger partial charge in [-0.2, -0.15) is 11.8 Å². The van der Waals surface area contributed by atoms with Crippen molar-refractivity contribution in [3.05, 3.63) is 0 Å². The van der Waals surface area contributed by atoms with Crippen molar-refractivity contribution in [1.29, 1.82) is 0 Å². The molecule has 0 N–H and O–H groups in total. The van der Waals surface area contributed by atoms with Gasteiger partial charge in [-0.25, -0.2) is 0 Å². The van der Waals surface area contributed by atoms with Crippen molar-refractivity contribution >= 4 is 29.3 Å². The summed E-state index contributed by atoms with van der Waals surface area (Å²) >= 11 is 3.74. The van der Waals surface area contributed by atoms with Gasteiger partial charge >= 0.3 is 0 Å². The minimum atomic E-state index is 0.148. The van der Waals surface area contributed by atoms with Crippen molar-refractivity contribution in [2.75, 3.05) is 18.1 Å². The van der Waals surface area contributed by atoms with Gasteiger partial charge in [-0.15, -0.1) is 11.8 Å². The van der Waals surface area contributed by atoms with Gasteiger partial charge in [-0.05, 0) is 20.3 Å². The lowest BCUT2D eigenvalue weighted by molar-refractivity contribution is -0.124. The molecule has 4 heteroatoms. The minimum Gasteiger partial charge on any atom is -0.371 e. The van der Waals surface area contributed by atoms with E-state index in [1.54, 1.807) is 11.8 Å². The van der Waals surface area contributed by atoms with Gasteiger partial charge in [0, 0.05) is 16.8 Å². The van der Waals surface area contributed by atoms with E-state index >= 15 is 0 Å². The maximum absolute atomic E-state index is 11.9. The number of ketones is 1. The highest BCUT2D eigenvalue weighted by atomic mass is 32.2. The minimum absolute atomic E-state index is 0.148. The summed E-state index contributed by atoms with van der Waals surface area (Å²) in [6.45, 7) is 6.38. The number of rotatable bonds is 5. The van der Waals surface area contributed by atoms with Crippen molar-refractivity contribution in [2.45, 2.75) is 43.8 Å². The van der Waals surface area contributed by atoms with Gasteiger partial charge in [0.15, 0.2) is 5.78 Å². The fourth-order valence-corrected chi connectivity index (χ4v) is 4.55. The Hall–Kier alpha value is 0.330. The molecular formula is C11H20O2S2. The van der Waals surface area contributed by atoms with Crippen LogP contribution >= 0.6 is 23.5 Å². The van der Waals surface area contributed by atoms with Crippen LogP contribution in [0.15, 0.2) is 0 Å². The second-order valence-electron chi connectivity index (χ2n) is 3.93. The molecule has 2 atom stereocenters. The first-order valence-corrected chi connectivity index (χ1v) is 7.62. The summed E-state index contributed by atoms with van der Waals surface area (Å²) in [7, 11) is 0. The average molecular weight is 248 g/mol. The van der Waals surface area contributed by atoms with Gasteiger partial charge in [0.2, 0.25) is 0 Å². The van der Waals surface area contributed by atoms with Crippen LogP contribution in [0.2, 0.25) is 0 Å². The van der Waals surface area contributed by atoms with Gasteiger partial charge in [0.05, 0.1) is 11.4 Å². The molecule has 1 aliphatic heterocycles. The van der Waals surface area contributed by atoms with Crippen molar-refractivity contribution in [2.24, 2.45) is 0 Å². The van der Waals surface area contributed by atoms with Gasteiger partial charge in [-0.1, -0.05) is 6.92 Å². The Morgan fingerprint density at radius 2 is 2.07 bits per heavy atom. The summed E-state index contributed by atoms with van der Waals surface area (Å²) in [6.07, 6.45) is 1.23. The lowest BCUT2D eigenvalue weighted by atomic mass is 10.2. The molecule has 0 spiro atoms. The molecular weight excluding hydrogens is 228 g/mol. The third-order valence-electron chi connectivity index (χ3n) is 2.33. The fourth-order valence-electron chi connectivity index (χ4n) is 1.53. The summed E-state index contributed by atoms with van der Waals surface area (Å²) in [5, 5.41) is 0.652. The molecule has 15 heavy (non-hydrogen) atoms. The normalized spacial score (nSPS) is 26.9. The van der Waals surface area contributed by atoms with E-state index in [4.69, 9.17) is 4.74 Å². The van der Waals surface area contributed by atoms with Crippen LogP contribution in [-0.2, 0) is 9.53 Å². The van der Waals surface area contributed by atoms with Gasteiger partial charge in [0.25, 0.3) is 0 Å². The SMILES string of the molecule is CCC1SCCSC1C(=O)COC(C)C. The van der Waals surface area contributed by atoms with Crippen LogP contribution in [0, 0.1) is 0 Å². The molecule has 0 amide bonds. The molecule has 0 aromatic rings. The molecule has 2 unspecified atom stereocenters. The molecule has 0 saturated carbocycles. The second-order valence-corrected chi connectivity index (χ2v) is 6.53. The Balaban J connectivity index is 2.41. The zero-order valence-electron chi connectivity index (χ0n) is 9.69. The summed E-state index contributed by atoms with van der Waals surface area (Å²) in [6, 6.07) is 0. The van der Waals surface area contributed by atoms with Crippen LogP contribution in [0.1, 0.15) is 27.2 Å². The van der Waals surface area contributed by atoms with Crippen molar-refractivity contribution in [3.63, 3.8) is 0 Å². The number of hydrogen-bond donors (Lipinski definition) is 0. The third kappa shape index (κ3) is 4.37. The van der Waals surface area contributed by atoms with Gasteiger partial charge in [0.1, 0.15) is 6.61 Å². The summed E-state index contributed by atoms with van der Waals surface area (Å²) in [4.78, 5) is 11.9. The number of thioether (sulfide) groups is 2. The molecule has 2 nitrogen and oxygen atoms in total. The van der Waals surface area contributed by atoms with E-state index in [9.17, 15) is 4.79 Å². The number of ether oxygens (including phenoxy) is 1. The van der Waals surface area contributed by atoms with Crippen LogP contribution < -0.4 is 0 Å². The first-order chi connectivity index (χ1) is 7.15. The highest BCUT2D eigenvalue weighted by Gasteiger charge is 2.30. The Morgan fingerprint density at radius 3 is 2.67 bits per heavy atom. The topological polar surface area (TPSA) is 26.3 Å². The second kappa shape index (κ2) is 6.81. The molecule has 1 rings (SSSR count). The number of hydrogen-bond acceptors (Lipinski definition) is 4. The van der Waals surface area contributed by atoms with E-state index < -0.39 is 0 Å². The maximum Gasteiger partial charge on any atom is 0.172 e. The predicted molar refractivity (Wildman–Crippen MR) is 68.9 cm³/mol. The first-order valence-electron chi connectivity index (χ1n) is 5.52. The van der Waals surface area contributed by atoms with E-state index in [0.29, 0.717) is 5.25 Å². The largest absolute Gasteiger partial charge is 0.371 e. The first kappa shape index (κ1) is 13.4. The lowest BCUT2D eigenvalue weighted by Gasteiger charge is -2.28.